The average molecular weight is 735 g/mol. The van der Waals surface area contributed by atoms with Gasteiger partial charge in [-0.05, 0) is 85.8 Å². The Kier molecular flexibility index (Phi) is 6.27. The van der Waals surface area contributed by atoms with Gasteiger partial charge >= 0.3 is 29.8 Å². The van der Waals surface area contributed by atoms with E-state index >= 15 is 0 Å². The molecule has 0 radical (unpaired) electrons. The van der Waals surface area contributed by atoms with Crippen molar-refractivity contribution >= 4 is 29.8 Å². The lowest BCUT2D eigenvalue weighted by atomic mass is 9.42. The third-order valence-corrected chi connectivity index (χ3v) is 15.6. The summed E-state index contributed by atoms with van der Waals surface area (Å²) in [5, 5.41) is 50.2. The molecule has 14 nitrogen and oxygen atoms in total. The Balaban J connectivity index is 1.21. The number of fused-ring (bicyclic) bond motifs is 9. The van der Waals surface area contributed by atoms with Crippen LogP contribution < -0.4 is 0 Å². The molecule has 2 bridgehead atoms. The standard InChI is InChI=1S/C39H42O14/c1-15-7-8-49-25(40)5-6-26(41)50-13-17-18-11-23-34(3,19-9-22(19)37(23,47)14-51-30(15)42)24-12-36(46)21-10-20(21)35(4)29(36)28(38(18,24)52-32(17)44)27-16(2)31(43)53-39(27,48)33(35)45/h7,19-24,33,45-48H,5-6,8-14H2,1-4H3/t19-,20-,21+,22+,23-,24+,33-,34+,35+,36+,37+,38+,39+/m1/s1. The molecule has 0 aromatic rings. The van der Waals surface area contributed by atoms with Gasteiger partial charge in [-0.3, -0.25) is 9.59 Å². The van der Waals surface area contributed by atoms with Gasteiger partial charge in [0.05, 0.1) is 24.0 Å². The molecular weight excluding hydrogens is 692 g/mol. The second-order valence-electron chi connectivity index (χ2n) is 17.6. The van der Waals surface area contributed by atoms with Crippen molar-refractivity contribution in [3.63, 3.8) is 0 Å². The van der Waals surface area contributed by atoms with E-state index in [-0.39, 0.29) is 90.4 Å². The Hall–Kier alpha value is -3.85. The van der Waals surface area contributed by atoms with Gasteiger partial charge in [0.2, 0.25) is 0 Å². The molecule has 0 saturated heterocycles. The maximum Gasteiger partial charge on any atom is 0.338 e. The van der Waals surface area contributed by atoms with Crippen LogP contribution in [0.5, 0.6) is 0 Å². The van der Waals surface area contributed by atoms with Crippen molar-refractivity contribution in [2.75, 3.05) is 19.8 Å². The van der Waals surface area contributed by atoms with Gasteiger partial charge in [0.25, 0.3) is 5.79 Å². The molecule has 1 spiro atoms. The molecule has 282 valence electrons. The van der Waals surface area contributed by atoms with Gasteiger partial charge in [0.1, 0.15) is 31.5 Å². The van der Waals surface area contributed by atoms with Gasteiger partial charge in [0, 0.05) is 39.5 Å². The minimum absolute atomic E-state index is 0.00694. The molecule has 0 aromatic carbocycles. The zero-order valence-corrected chi connectivity index (χ0v) is 29.9. The molecule has 3 heterocycles. The summed E-state index contributed by atoms with van der Waals surface area (Å²) in [6.45, 7) is 5.65. The van der Waals surface area contributed by atoms with E-state index in [1.807, 2.05) is 6.92 Å². The van der Waals surface area contributed by atoms with Gasteiger partial charge < -0.3 is 44.1 Å². The molecule has 0 aromatic heterocycles. The Morgan fingerprint density at radius 1 is 0.774 bits per heavy atom. The van der Waals surface area contributed by atoms with Crippen molar-refractivity contribution < 1.29 is 68.1 Å². The van der Waals surface area contributed by atoms with Gasteiger partial charge in [-0.2, -0.15) is 0 Å². The summed E-state index contributed by atoms with van der Waals surface area (Å²) in [5.74, 6) is -8.71. The average Bonchev–Trinajstić information content (AvgIpc) is 4.01. The van der Waals surface area contributed by atoms with E-state index in [0.29, 0.717) is 24.0 Å². The Labute approximate surface area is 303 Å². The van der Waals surface area contributed by atoms with Crippen LogP contribution in [0, 0.1) is 46.3 Å². The van der Waals surface area contributed by atoms with E-state index in [9.17, 15) is 44.4 Å². The highest BCUT2D eigenvalue weighted by molar-refractivity contribution is 5.98. The van der Waals surface area contributed by atoms with Crippen LogP contribution in [0.3, 0.4) is 0 Å². The molecular formula is C39H42O14. The maximum absolute atomic E-state index is 14.4. The summed E-state index contributed by atoms with van der Waals surface area (Å²) < 4.78 is 28.8. The molecule has 7 aliphatic carbocycles. The Bertz CT molecular complexity index is 2020. The van der Waals surface area contributed by atoms with Gasteiger partial charge in [-0.25, -0.2) is 14.4 Å². The summed E-state index contributed by atoms with van der Waals surface area (Å²) >= 11 is 0. The first-order valence-electron chi connectivity index (χ1n) is 18.6. The number of hydrogen-bond donors (Lipinski definition) is 4. The van der Waals surface area contributed by atoms with Crippen LogP contribution >= 0.6 is 0 Å². The fraction of sp³-hybridized carbons (Fsp3) is 0.667. The zero-order chi connectivity index (χ0) is 37.6. The molecule has 10 aliphatic rings. The lowest BCUT2D eigenvalue weighted by Crippen LogP contribution is -2.69. The van der Waals surface area contributed by atoms with Crippen molar-refractivity contribution in [2.45, 2.75) is 94.9 Å². The van der Waals surface area contributed by atoms with Crippen molar-refractivity contribution in [3.8, 4) is 0 Å². The highest BCUT2D eigenvalue weighted by Crippen LogP contribution is 2.84. The fourth-order valence-corrected chi connectivity index (χ4v) is 13.2. The molecule has 4 N–H and O–H groups in total. The number of carbonyl (C=O) groups is 5. The van der Waals surface area contributed by atoms with Crippen LogP contribution in [0.2, 0.25) is 0 Å². The fourth-order valence-electron chi connectivity index (χ4n) is 13.2. The van der Waals surface area contributed by atoms with Crippen LogP contribution in [-0.2, 0) is 47.7 Å². The van der Waals surface area contributed by atoms with Crippen LogP contribution in [0.1, 0.15) is 66.2 Å². The number of rotatable bonds is 0. The van der Waals surface area contributed by atoms with E-state index in [0.717, 1.165) is 0 Å². The number of carbonyl (C=O) groups excluding carboxylic acids is 5. The predicted molar refractivity (Wildman–Crippen MR) is 174 cm³/mol. The normalized spacial score (nSPS) is 50.7. The first-order valence-corrected chi connectivity index (χ1v) is 18.6. The number of aliphatic hydroxyl groups excluding tert-OH is 1. The molecule has 5 fully saturated rings. The summed E-state index contributed by atoms with van der Waals surface area (Å²) in [7, 11) is 0. The SMILES string of the molecule is CC1=CCOC(=O)CCC(=O)OCC2=C3C[C@H]4[C@](O)(COC1=O)[C@H]1C[C@H]1[C@]4(C)[C@@H]1C[C@@]4(O)C5=C(C6=C(C)C(=O)O[C@]6(O)[C@H](O)[C@@]5(C)[C@@H]5C[C@@H]54)[C@]31OC2=O. The summed E-state index contributed by atoms with van der Waals surface area (Å²) in [6, 6.07) is 0. The third kappa shape index (κ3) is 3.67. The molecule has 13 atom stereocenters. The highest BCUT2D eigenvalue weighted by Gasteiger charge is 2.87. The van der Waals surface area contributed by atoms with Gasteiger partial charge in [0.15, 0.2) is 5.60 Å². The number of aliphatic hydroxyl groups is 4. The van der Waals surface area contributed by atoms with Crippen LogP contribution in [-0.4, -0.2) is 98.8 Å². The number of ether oxygens (including phenoxy) is 5. The van der Waals surface area contributed by atoms with E-state index in [4.69, 9.17) is 23.7 Å². The molecule has 14 heteroatoms. The minimum atomic E-state index is -2.51. The lowest BCUT2D eigenvalue weighted by Gasteiger charge is -2.64. The smallest absolute Gasteiger partial charge is 0.338 e. The topological polar surface area (TPSA) is 212 Å². The summed E-state index contributed by atoms with van der Waals surface area (Å²) in [5.41, 5.74) is -5.72. The number of esters is 5. The second-order valence-corrected chi connectivity index (χ2v) is 17.6. The number of hydrogen-bond acceptors (Lipinski definition) is 14. The monoisotopic (exact) mass is 734 g/mol. The van der Waals surface area contributed by atoms with Crippen LogP contribution in [0.15, 0.2) is 45.1 Å². The van der Waals surface area contributed by atoms with Crippen molar-refractivity contribution in [3.05, 3.63) is 45.1 Å². The molecule has 53 heavy (non-hydrogen) atoms. The first kappa shape index (κ1) is 33.7. The van der Waals surface area contributed by atoms with E-state index < -0.39 is 87.8 Å². The molecule has 10 rings (SSSR count). The second kappa shape index (κ2) is 9.87. The first-order chi connectivity index (χ1) is 24.9. The van der Waals surface area contributed by atoms with E-state index in [2.05, 4.69) is 0 Å². The maximum atomic E-state index is 14.4. The lowest BCUT2D eigenvalue weighted by molar-refractivity contribution is -0.244. The van der Waals surface area contributed by atoms with E-state index in [1.165, 1.54) is 19.9 Å². The molecule has 3 aliphatic heterocycles. The summed E-state index contributed by atoms with van der Waals surface area (Å²) in [4.78, 5) is 66.3. The molecule has 0 unspecified atom stereocenters. The quantitative estimate of drug-likeness (QED) is 0.202. The largest absolute Gasteiger partial charge is 0.461 e. The van der Waals surface area contributed by atoms with Crippen molar-refractivity contribution in [1.82, 2.24) is 0 Å². The molecule has 0 amide bonds. The summed E-state index contributed by atoms with van der Waals surface area (Å²) in [6.07, 6.45) is 0.362. The van der Waals surface area contributed by atoms with Gasteiger partial charge in [-0.15, -0.1) is 0 Å². The zero-order valence-electron chi connectivity index (χ0n) is 29.9. The van der Waals surface area contributed by atoms with Crippen molar-refractivity contribution in [2.24, 2.45) is 46.3 Å². The Morgan fingerprint density at radius 3 is 2.21 bits per heavy atom. The minimum Gasteiger partial charge on any atom is -0.461 e. The number of cyclic esters (lactones) is 3. The van der Waals surface area contributed by atoms with Crippen molar-refractivity contribution in [1.29, 1.82) is 0 Å². The van der Waals surface area contributed by atoms with Crippen LogP contribution in [0.25, 0.3) is 0 Å². The Morgan fingerprint density at radius 2 is 1.47 bits per heavy atom. The third-order valence-electron chi connectivity index (χ3n) is 15.6. The highest BCUT2D eigenvalue weighted by atomic mass is 16.7. The predicted octanol–water partition coefficient (Wildman–Crippen LogP) is 0.995. The van der Waals surface area contributed by atoms with E-state index in [1.54, 1.807) is 6.92 Å². The van der Waals surface area contributed by atoms with Gasteiger partial charge in [-0.1, -0.05) is 13.8 Å². The molecule has 5 saturated carbocycles. The van der Waals surface area contributed by atoms with Crippen LogP contribution in [0.4, 0.5) is 0 Å².